The molecule has 0 radical (unpaired) electrons. The van der Waals surface area contributed by atoms with Gasteiger partial charge in [0.05, 0.1) is 0 Å². The molecule has 0 spiro atoms. The Hall–Kier alpha value is -1.00. The van der Waals surface area contributed by atoms with Crippen molar-refractivity contribution in [2.24, 2.45) is 5.73 Å². The molecule has 1 aromatic heterocycles. The van der Waals surface area contributed by atoms with Gasteiger partial charge in [-0.25, -0.2) is 0 Å². The normalized spacial score (nSPS) is 10.9. The van der Waals surface area contributed by atoms with Crippen LogP contribution in [0.25, 0.3) is 10.9 Å². The molecule has 0 fully saturated rings. The van der Waals surface area contributed by atoms with E-state index in [0.717, 1.165) is 23.6 Å². The zero-order valence-electron chi connectivity index (χ0n) is 9.85. The lowest BCUT2D eigenvalue weighted by Crippen LogP contribution is -2.09. The number of aromatic nitrogens is 1. The lowest BCUT2D eigenvalue weighted by molar-refractivity contribution is 0.807. The Kier molecular flexibility index (Phi) is 4.07. The molecule has 1 aromatic carbocycles. The van der Waals surface area contributed by atoms with E-state index in [2.05, 4.69) is 35.9 Å². The smallest absolute Gasteiger partial charge is 0.104 e. The molecule has 2 aromatic rings. The highest BCUT2D eigenvalue weighted by molar-refractivity contribution is 7.99. The third kappa shape index (κ3) is 2.82. The monoisotopic (exact) mass is 264 g/mol. The van der Waals surface area contributed by atoms with Crippen molar-refractivity contribution >= 4 is 39.9 Å². The number of benzene rings is 1. The van der Waals surface area contributed by atoms with Crippen LogP contribution in [0.5, 0.6) is 0 Å². The predicted octanol–water partition coefficient (Wildman–Crippen LogP) is 3.03. The van der Waals surface area contributed by atoms with Crippen LogP contribution in [0, 0.1) is 0 Å². The zero-order chi connectivity index (χ0) is 12.3. The summed E-state index contributed by atoms with van der Waals surface area (Å²) in [6.07, 6.45) is 2.13. The van der Waals surface area contributed by atoms with Crippen LogP contribution in [-0.2, 0) is 6.54 Å². The Morgan fingerprint density at radius 2 is 2.24 bits per heavy atom. The quantitative estimate of drug-likeness (QED) is 0.665. The van der Waals surface area contributed by atoms with E-state index in [1.54, 1.807) is 0 Å². The molecule has 0 bridgehead atoms. The first kappa shape index (κ1) is 12.5. The number of nitrogens with zero attached hydrogens (tertiary/aromatic N) is 1. The van der Waals surface area contributed by atoms with Gasteiger partial charge in [0.2, 0.25) is 0 Å². The first-order chi connectivity index (χ1) is 8.22. The fraction of sp³-hybridized carbons (Fsp3) is 0.308. The van der Waals surface area contributed by atoms with E-state index in [1.165, 1.54) is 10.9 Å². The molecular weight excluding hydrogens is 248 g/mol. The van der Waals surface area contributed by atoms with Crippen LogP contribution in [0.15, 0.2) is 30.5 Å². The van der Waals surface area contributed by atoms with E-state index in [-0.39, 0.29) is 0 Å². The average molecular weight is 264 g/mol. The van der Waals surface area contributed by atoms with Crippen molar-refractivity contribution in [2.45, 2.75) is 13.5 Å². The molecule has 0 aliphatic rings. The van der Waals surface area contributed by atoms with Crippen LogP contribution in [0.3, 0.4) is 0 Å². The molecule has 2 N–H and O–H groups in total. The van der Waals surface area contributed by atoms with Gasteiger partial charge in [0.15, 0.2) is 0 Å². The van der Waals surface area contributed by atoms with E-state index < -0.39 is 0 Å². The molecule has 0 aliphatic carbocycles. The second-order valence-electron chi connectivity index (χ2n) is 3.84. The second kappa shape index (κ2) is 5.56. The zero-order valence-corrected chi connectivity index (χ0v) is 11.5. The summed E-state index contributed by atoms with van der Waals surface area (Å²) in [7, 11) is 0. The lowest BCUT2D eigenvalue weighted by Gasteiger charge is -2.06. The summed E-state index contributed by atoms with van der Waals surface area (Å²) in [6.45, 7) is 3.21. The van der Waals surface area contributed by atoms with Crippen LogP contribution in [-0.4, -0.2) is 21.1 Å². The minimum Gasteiger partial charge on any atom is -0.389 e. The highest BCUT2D eigenvalue weighted by Crippen LogP contribution is 2.18. The fourth-order valence-corrected chi connectivity index (χ4v) is 2.58. The van der Waals surface area contributed by atoms with Crippen molar-refractivity contribution in [2.75, 3.05) is 11.5 Å². The molecule has 1 heterocycles. The van der Waals surface area contributed by atoms with Gasteiger partial charge in [0.25, 0.3) is 0 Å². The van der Waals surface area contributed by atoms with Crippen molar-refractivity contribution in [1.82, 2.24) is 4.57 Å². The minimum absolute atomic E-state index is 0.461. The van der Waals surface area contributed by atoms with Gasteiger partial charge in [-0.1, -0.05) is 31.3 Å². The maximum Gasteiger partial charge on any atom is 0.104 e. The Morgan fingerprint density at radius 1 is 1.41 bits per heavy atom. The summed E-state index contributed by atoms with van der Waals surface area (Å²) in [5, 5.41) is 1.24. The standard InChI is InChI=1S/C13H16N2S2/c1-2-17-8-7-15-6-5-10-3-4-11(13(14)16)9-12(10)15/h3-6,9H,2,7-8H2,1H3,(H2,14,16). The number of aryl methyl sites for hydroxylation is 1. The maximum atomic E-state index is 5.66. The number of fused-ring (bicyclic) bond motifs is 1. The van der Waals surface area contributed by atoms with Crippen LogP contribution in [0.1, 0.15) is 12.5 Å². The molecule has 4 heteroatoms. The summed E-state index contributed by atoms with van der Waals surface area (Å²) >= 11 is 6.97. The highest BCUT2D eigenvalue weighted by atomic mass is 32.2. The van der Waals surface area contributed by atoms with Crippen molar-refractivity contribution in [3.05, 3.63) is 36.0 Å². The molecule has 0 unspecified atom stereocenters. The predicted molar refractivity (Wildman–Crippen MR) is 80.8 cm³/mol. The van der Waals surface area contributed by atoms with Gasteiger partial charge in [-0.15, -0.1) is 0 Å². The van der Waals surface area contributed by atoms with Gasteiger partial charge in [-0.3, -0.25) is 0 Å². The first-order valence-electron chi connectivity index (χ1n) is 5.69. The number of hydrogen-bond donors (Lipinski definition) is 1. The van der Waals surface area contributed by atoms with Gasteiger partial charge < -0.3 is 10.3 Å². The third-order valence-corrected chi connectivity index (χ3v) is 3.85. The molecule has 2 nitrogen and oxygen atoms in total. The van der Waals surface area contributed by atoms with Crippen LogP contribution >= 0.6 is 24.0 Å². The molecule has 0 saturated heterocycles. The maximum absolute atomic E-state index is 5.66. The van der Waals surface area contributed by atoms with Gasteiger partial charge >= 0.3 is 0 Å². The number of thioether (sulfide) groups is 1. The topological polar surface area (TPSA) is 30.9 Å². The summed E-state index contributed by atoms with van der Waals surface area (Å²) in [5.41, 5.74) is 7.82. The summed E-state index contributed by atoms with van der Waals surface area (Å²) in [6, 6.07) is 8.27. The van der Waals surface area contributed by atoms with Crippen LogP contribution in [0.4, 0.5) is 0 Å². The lowest BCUT2D eigenvalue weighted by atomic mass is 10.1. The second-order valence-corrected chi connectivity index (χ2v) is 5.68. The third-order valence-electron chi connectivity index (χ3n) is 2.74. The molecule has 0 atom stereocenters. The van der Waals surface area contributed by atoms with E-state index in [9.17, 15) is 0 Å². The van der Waals surface area contributed by atoms with Crippen molar-refractivity contribution in [1.29, 1.82) is 0 Å². The molecule has 17 heavy (non-hydrogen) atoms. The van der Waals surface area contributed by atoms with Crippen LogP contribution < -0.4 is 5.73 Å². The van der Waals surface area contributed by atoms with E-state index in [0.29, 0.717) is 4.99 Å². The first-order valence-corrected chi connectivity index (χ1v) is 7.25. The SMILES string of the molecule is CCSCCn1ccc2ccc(C(N)=S)cc21. The Morgan fingerprint density at radius 3 is 2.94 bits per heavy atom. The van der Waals surface area contributed by atoms with Crippen molar-refractivity contribution in [3.8, 4) is 0 Å². The number of thiocarbonyl (C=S) groups is 1. The summed E-state index contributed by atoms with van der Waals surface area (Å²) < 4.78 is 2.26. The molecule has 0 saturated carbocycles. The highest BCUT2D eigenvalue weighted by Gasteiger charge is 2.03. The number of nitrogens with two attached hydrogens (primary N) is 1. The Balaban J connectivity index is 2.30. The molecule has 2 rings (SSSR count). The Bertz CT molecular complexity index is 531. The number of rotatable bonds is 5. The van der Waals surface area contributed by atoms with Gasteiger partial charge in [-0.05, 0) is 23.3 Å². The largest absolute Gasteiger partial charge is 0.389 e. The summed E-state index contributed by atoms with van der Waals surface area (Å²) in [5.74, 6) is 2.30. The fourth-order valence-electron chi connectivity index (χ4n) is 1.84. The number of hydrogen-bond acceptors (Lipinski definition) is 2. The van der Waals surface area contributed by atoms with Gasteiger partial charge in [0.1, 0.15) is 4.99 Å². The molecule has 0 aliphatic heterocycles. The van der Waals surface area contributed by atoms with Gasteiger partial charge in [0, 0.05) is 29.6 Å². The summed E-state index contributed by atoms with van der Waals surface area (Å²) in [4.78, 5) is 0.461. The molecule has 0 amide bonds. The minimum atomic E-state index is 0.461. The van der Waals surface area contributed by atoms with Gasteiger partial charge in [-0.2, -0.15) is 11.8 Å². The molecular formula is C13H16N2S2. The molecule has 90 valence electrons. The Labute approximate surface area is 111 Å². The van der Waals surface area contributed by atoms with Crippen LogP contribution in [0.2, 0.25) is 0 Å². The van der Waals surface area contributed by atoms with E-state index in [1.807, 2.05) is 17.8 Å². The van der Waals surface area contributed by atoms with E-state index >= 15 is 0 Å². The average Bonchev–Trinajstić information content (AvgIpc) is 2.72. The van der Waals surface area contributed by atoms with E-state index in [4.69, 9.17) is 18.0 Å². The van der Waals surface area contributed by atoms with Crippen molar-refractivity contribution < 1.29 is 0 Å². The van der Waals surface area contributed by atoms with Crippen molar-refractivity contribution in [3.63, 3.8) is 0 Å².